The van der Waals surface area contributed by atoms with E-state index in [2.05, 4.69) is 31.9 Å². The second-order valence-corrected chi connectivity index (χ2v) is 5.63. The van der Waals surface area contributed by atoms with Crippen molar-refractivity contribution in [2.45, 2.75) is 39.3 Å². The molecule has 0 spiro atoms. The molecule has 1 aliphatic rings. The standard InChI is InChI=1S/C16H24N6O.HI/c1-2-15-20-19-13-22(15)10-7-17-16(21-8-3-4-9-21)18-12-14-6-5-11-23-14;/h5-6,11,13H,2-4,7-10,12H2,1H3,(H,17,18);1H. The maximum Gasteiger partial charge on any atom is 0.194 e. The summed E-state index contributed by atoms with van der Waals surface area (Å²) in [5.41, 5.74) is 0. The molecule has 24 heavy (non-hydrogen) atoms. The molecule has 8 heteroatoms. The van der Waals surface area contributed by atoms with Crippen LogP contribution in [0.25, 0.3) is 0 Å². The zero-order chi connectivity index (χ0) is 15.9. The van der Waals surface area contributed by atoms with Gasteiger partial charge in [0.1, 0.15) is 24.5 Å². The lowest BCUT2D eigenvalue weighted by atomic mass is 10.4. The van der Waals surface area contributed by atoms with Crippen LogP contribution in [0.2, 0.25) is 0 Å². The minimum atomic E-state index is 0. The molecular formula is C16H25IN6O. The third-order valence-corrected chi connectivity index (χ3v) is 4.02. The Kier molecular flexibility index (Phi) is 7.54. The average Bonchev–Trinajstić information content (AvgIpc) is 3.33. The average molecular weight is 444 g/mol. The molecule has 7 nitrogen and oxygen atoms in total. The number of halogens is 1. The summed E-state index contributed by atoms with van der Waals surface area (Å²) in [5.74, 6) is 2.86. The molecule has 1 aliphatic heterocycles. The molecule has 0 aromatic carbocycles. The van der Waals surface area contributed by atoms with E-state index in [1.165, 1.54) is 12.8 Å². The Morgan fingerprint density at radius 2 is 2.21 bits per heavy atom. The summed E-state index contributed by atoms with van der Waals surface area (Å²) in [6.07, 6.45) is 6.83. The monoisotopic (exact) mass is 444 g/mol. The minimum Gasteiger partial charge on any atom is -0.467 e. The van der Waals surface area contributed by atoms with Crippen LogP contribution in [0.4, 0.5) is 0 Å². The molecule has 3 rings (SSSR count). The van der Waals surface area contributed by atoms with Crippen molar-refractivity contribution in [3.63, 3.8) is 0 Å². The summed E-state index contributed by atoms with van der Waals surface area (Å²) >= 11 is 0. The number of nitrogens with one attached hydrogen (secondary N) is 1. The highest BCUT2D eigenvalue weighted by molar-refractivity contribution is 14.0. The summed E-state index contributed by atoms with van der Waals surface area (Å²) in [6.45, 7) is 6.43. The van der Waals surface area contributed by atoms with Crippen molar-refractivity contribution in [3.05, 3.63) is 36.3 Å². The molecule has 3 heterocycles. The largest absolute Gasteiger partial charge is 0.467 e. The number of aryl methyl sites for hydroxylation is 1. The SMILES string of the molecule is CCc1nncn1CCNC(=NCc1ccco1)N1CCCC1.I. The van der Waals surface area contributed by atoms with Crippen LogP contribution in [0.1, 0.15) is 31.4 Å². The van der Waals surface area contributed by atoms with Gasteiger partial charge in [-0.25, -0.2) is 4.99 Å². The van der Waals surface area contributed by atoms with Gasteiger partial charge in [-0.05, 0) is 25.0 Å². The molecule has 2 aromatic rings. The van der Waals surface area contributed by atoms with Gasteiger partial charge in [0, 0.05) is 32.6 Å². The number of aliphatic imine (C=N–C) groups is 1. The Bertz CT molecular complexity index is 618. The van der Waals surface area contributed by atoms with Gasteiger partial charge < -0.3 is 19.2 Å². The van der Waals surface area contributed by atoms with Gasteiger partial charge in [-0.3, -0.25) is 0 Å². The molecule has 0 atom stereocenters. The Morgan fingerprint density at radius 1 is 1.38 bits per heavy atom. The Labute approximate surface area is 159 Å². The summed E-state index contributed by atoms with van der Waals surface area (Å²) in [4.78, 5) is 7.02. The molecular weight excluding hydrogens is 419 g/mol. The van der Waals surface area contributed by atoms with Crippen LogP contribution in [0, 0.1) is 0 Å². The number of hydrogen-bond acceptors (Lipinski definition) is 4. The molecule has 0 bridgehead atoms. The lowest BCUT2D eigenvalue weighted by Gasteiger charge is -2.21. The lowest BCUT2D eigenvalue weighted by Crippen LogP contribution is -2.41. The van der Waals surface area contributed by atoms with Crippen LogP contribution in [0.15, 0.2) is 34.1 Å². The zero-order valence-electron chi connectivity index (χ0n) is 14.0. The topological polar surface area (TPSA) is 71.5 Å². The predicted octanol–water partition coefficient (Wildman–Crippen LogP) is 2.29. The number of guanidine groups is 1. The van der Waals surface area contributed by atoms with Gasteiger partial charge in [0.25, 0.3) is 0 Å². The van der Waals surface area contributed by atoms with E-state index >= 15 is 0 Å². The first-order valence-electron chi connectivity index (χ1n) is 8.29. The molecule has 0 unspecified atom stereocenters. The van der Waals surface area contributed by atoms with Crippen molar-refractivity contribution in [2.75, 3.05) is 19.6 Å². The molecule has 1 fully saturated rings. The Balaban J connectivity index is 0.00000208. The van der Waals surface area contributed by atoms with Crippen LogP contribution >= 0.6 is 24.0 Å². The van der Waals surface area contributed by atoms with E-state index in [4.69, 9.17) is 9.41 Å². The molecule has 0 aliphatic carbocycles. The first-order valence-corrected chi connectivity index (χ1v) is 8.29. The second-order valence-electron chi connectivity index (χ2n) is 5.63. The van der Waals surface area contributed by atoms with Gasteiger partial charge in [-0.15, -0.1) is 34.2 Å². The van der Waals surface area contributed by atoms with Gasteiger partial charge in [0.05, 0.1) is 6.26 Å². The maximum atomic E-state index is 5.37. The van der Waals surface area contributed by atoms with Crippen LogP contribution < -0.4 is 5.32 Å². The number of hydrogen-bond donors (Lipinski definition) is 1. The van der Waals surface area contributed by atoms with Crippen molar-refractivity contribution in [1.82, 2.24) is 25.0 Å². The molecule has 0 amide bonds. The summed E-state index contributed by atoms with van der Waals surface area (Å²) < 4.78 is 7.45. The molecule has 1 N–H and O–H groups in total. The third kappa shape index (κ3) is 4.96. The van der Waals surface area contributed by atoms with Gasteiger partial charge in [0.2, 0.25) is 0 Å². The first-order chi connectivity index (χ1) is 11.4. The smallest absolute Gasteiger partial charge is 0.194 e. The van der Waals surface area contributed by atoms with Crippen LogP contribution in [-0.4, -0.2) is 45.3 Å². The van der Waals surface area contributed by atoms with Crippen LogP contribution in [0.3, 0.4) is 0 Å². The zero-order valence-corrected chi connectivity index (χ0v) is 16.3. The number of rotatable bonds is 6. The normalized spacial score (nSPS) is 14.7. The van der Waals surface area contributed by atoms with Crippen LogP contribution in [0.5, 0.6) is 0 Å². The minimum absolute atomic E-state index is 0. The summed E-state index contributed by atoms with van der Waals surface area (Å²) in [6, 6.07) is 3.85. The highest BCUT2D eigenvalue weighted by Crippen LogP contribution is 2.09. The number of likely N-dealkylation sites (tertiary alicyclic amines) is 1. The molecule has 132 valence electrons. The third-order valence-electron chi connectivity index (χ3n) is 4.02. The van der Waals surface area contributed by atoms with Gasteiger partial charge in [-0.2, -0.15) is 0 Å². The number of nitrogens with zero attached hydrogens (tertiary/aromatic N) is 5. The van der Waals surface area contributed by atoms with E-state index < -0.39 is 0 Å². The van der Waals surface area contributed by atoms with Crippen molar-refractivity contribution >= 4 is 29.9 Å². The van der Waals surface area contributed by atoms with Crippen molar-refractivity contribution in [3.8, 4) is 0 Å². The number of furan rings is 1. The highest BCUT2D eigenvalue weighted by Gasteiger charge is 2.16. The quantitative estimate of drug-likeness (QED) is 0.421. The van der Waals surface area contributed by atoms with Gasteiger partial charge >= 0.3 is 0 Å². The number of aromatic nitrogens is 3. The fraction of sp³-hybridized carbons (Fsp3) is 0.562. The summed E-state index contributed by atoms with van der Waals surface area (Å²) in [7, 11) is 0. The maximum absolute atomic E-state index is 5.37. The molecule has 1 saturated heterocycles. The Morgan fingerprint density at radius 3 is 2.92 bits per heavy atom. The molecule has 0 saturated carbocycles. The van der Waals surface area contributed by atoms with E-state index in [1.54, 1.807) is 12.6 Å². The first kappa shape index (κ1) is 18.8. The predicted molar refractivity (Wildman–Crippen MR) is 103 cm³/mol. The van der Waals surface area contributed by atoms with Crippen molar-refractivity contribution in [2.24, 2.45) is 4.99 Å². The Hall–Kier alpha value is -1.58. The fourth-order valence-electron chi connectivity index (χ4n) is 2.78. The second kappa shape index (κ2) is 9.65. The highest BCUT2D eigenvalue weighted by atomic mass is 127. The van der Waals surface area contributed by atoms with E-state index in [0.29, 0.717) is 6.54 Å². The van der Waals surface area contributed by atoms with Crippen LogP contribution in [-0.2, 0) is 19.5 Å². The van der Waals surface area contributed by atoms with E-state index in [9.17, 15) is 0 Å². The molecule has 2 aromatic heterocycles. The fourth-order valence-corrected chi connectivity index (χ4v) is 2.78. The van der Waals surface area contributed by atoms with E-state index in [1.807, 2.05) is 12.1 Å². The van der Waals surface area contributed by atoms with Crippen molar-refractivity contribution in [1.29, 1.82) is 0 Å². The van der Waals surface area contributed by atoms with Crippen molar-refractivity contribution < 1.29 is 4.42 Å². The van der Waals surface area contributed by atoms with Gasteiger partial charge in [0.15, 0.2) is 5.96 Å². The van der Waals surface area contributed by atoms with Gasteiger partial charge in [-0.1, -0.05) is 6.92 Å². The molecule has 0 radical (unpaired) electrons. The summed E-state index contributed by atoms with van der Waals surface area (Å²) in [5, 5.41) is 11.6. The lowest BCUT2D eigenvalue weighted by molar-refractivity contribution is 0.477. The van der Waals surface area contributed by atoms with E-state index in [0.717, 1.165) is 50.1 Å². The van der Waals surface area contributed by atoms with E-state index in [-0.39, 0.29) is 24.0 Å².